The average molecular weight is 381 g/mol. The zero-order valence-electron chi connectivity index (χ0n) is 10.7. The van der Waals surface area contributed by atoms with E-state index in [2.05, 4.69) is 27.9 Å². The fraction of sp³-hybridized carbons (Fsp3) is 0.0667. The maximum Gasteiger partial charge on any atom is 0.345 e. The maximum absolute atomic E-state index is 12.1. The number of amides is 1. The van der Waals surface area contributed by atoms with Crippen molar-refractivity contribution in [2.75, 3.05) is 5.32 Å². The highest BCUT2D eigenvalue weighted by Gasteiger charge is 2.14. The molecule has 1 amide bonds. The minimum absolute atomic E-state index is 0.237. The van der Waals surface area contributed by atoms with Gasteiger partial charge in [-0.05, 0) is 59.0 Å². The van der Waals surface area contributed by atoms with Crippen molar-refractivity contribution in [2.45, 2.75) is 6.92 Å². The van der Waals surface area contributed by atoms with Crippen molar-refractivity contribution in [1.82, 2.24) is 0 Å². The van der Waals surface area contributed by atoms with Gasteiger partial charge in [-0.3, -0.25) is 4.79 Å². The normalized spacial score (nSPS) is 9.90. The molecule has 0 aliphatic rings. The van der Waals surface area contributed by atoms with Gasteiger partial charge in [-0.2, -0.15) is 0 Å². The summed E-state index contributed by atoms with van der Waals surface area (Å²) in [5.41, 5.74) is 0.761. The Kier molecular flexibility index (Phi) is 4.73. The Bertz CT molecular complexity index is 638. The first-order chi connectivity index (χ1) is 9.56. The summed E-state index contributed by atoms with van der Waals surface area (Å²) in [7, 11) is 0. The monoisotopic (exact) mass is 381 g/mol. The van der Waals surface area contributed by atoms with Gasteiger partial charge in [-0.1, -0.05) is 12.1 Å². The number of carbonyl (C=O) groups is 2. The van der Waals surface area contributed by atoms with Gasteiger partial charge in [0.25, 0.3) is 0 Å². The van der Waals surface area contributed by atoms with E-state index in [1.165, 1.54) is 6.92 Å². The van der Waals surface area contributed by atoms with Crippen LogP contribution >= 0.6 is 22.6 Å². The minimum Gasteiger partial charge on any atom is -0.423 e. The van der Waals surface area contributed by atoms with Gasteiger partial charge in [-0.15, -0.1) is 0 Å². The number of hydrogen-bond acceptors (Lipinski definition) is 3. The van der Waals surface area contributed by atoms with E-state index in [-0.39, 0.29) is 5.91 Å². The molecular weight excluding hydrogens is 369 g/mol. The van der Waals surface area contributed by atoms with Crippen LogP contribution in [0.4, 0.5) is 5.69 Å². The largest absolute Gasteiger partial charge is 0.423 e. The summed E-state index contributed by atoms with van der Waals surface area (Å²) in [5.74, 6) is -0.275. The van der Waals surface area contributed by atoms with Crippen molar-refractivity contribution < 1.29 is 14.3 Å². The fourth-order valence-electron chi connectivity index (χ4n) is 1.62. The Morgan fingerprint density at radius 3 is 2.35 bits per heavy atom. The van der Waals surface area contributed by atoms with E-state index in [4.69, 9.17) is 4.74 Å². The number of anilines is 1. The third-order valence-corrected chi connectivity index (χ3v) is 3.20. The first-order valence-corrected chi connectivity index (χ1v) is 6.98. The molecule has 0 unspecified atom stereocenters. The van der Waals surface area contributed by atoms with Gasteiger partial charge in [0.05, 0.1) is 11.3 Å². The van der Waals surface area contributed by atoms with Gasteiger partial charge in [0, 0.05) is 10.5 Å². The second kappa shape index (κ2) is 6.51. The molecule has 0 heterocycles. The first-order valence-electron chi connectivity index (χ1n) is 5.90. The van der Waals surface area contributed by atoms with Crippen LogP contribution in [0.25, 0.3) is 0 Å². The van der Waals surface area contributed by atoms with Gasteiger partial charge in [0.2, 0.25) is 5.91 Å². The van der Waals surface area contributed by atoms with Gasteiger partial charge in [-0.25, -0.2) is 4.79 Å². The molecule has 0 radical (unpaired) electrons. The zero-order valence-corrected chi connectivity index (χ0v) is 12.9. The van der Waals surface area contributed by atoms with Gasteiger partial charge < -0.3 is 10.1 Å². The van der Waals surface area contributed by atoms with Crippen LogP contribution in [0.3, 0.4) is 0 Å². The van der Waals surface area contributed by atoms with Crippen LogP contribution in [0.5, 0.6) is 5.75 Å². The third-order valence-electron chi connectivity index (χ3n) is 2.48. The summed E-state index contributed by atoms with van der Waals surface area (Å²) >= 11 is 2.17. The Morgan fingerprint density at radius 2 is 1.70 bits per heavy atom. The third kappa shape index (κ3) is 3.80. The summed E-state index contributed by atoms with van der Waals surface area (Å²) in [6, 6.07) is 13.9. The standard InChI is InChI=1S/C15H12INO3/c1-10(18)17-14-5-3-2-4-13(14)15(19)20-12-8-6-11(16)7-9-12/h2-9H,1H3,(H,17,18). The molecule has 5 heteroatoms. The highest BCUT2D eigenvalue weighted by Crippen LogP contribution is 2.19. The van der Waals surface area contributed by atoms with Crippen LogP contribution in [-0.2, 0) is 4.79 Å². The van der Waals surface area contributed by atoms with Crippen LogP contribution < -0.4 is 10.1 Å². The van der Waals surface area contributed by atoms with E-state index in [1.54, 1.807) is 36.4 Å². The van der Waals surface area contributed by atoms with Crippen LogP contribution in [-0.4, -0.2) is 11.9 Å². The van der Waals surface area contributed by atoms with E-state index in [9.17, 15) is 9.59 Å². The van der Waals surface area contributed by atoms with Gasteiger partial charge >= 0.3 is 5.97 Å². The van der Waals surface area contributed by atoms with Crippen molar-refractivity contribution in [2.24, 2.45) is 0 Å². The molecule has 0 bridgehead atoms. The Hall–Kier alpha value is -1.89. The summed E-state index contributed by atoms with van der Waals surface area (Å²) in [6.07, 6.45) is 0. The van der Waals surface area contributed by atoms with Crippen molar-refractivity contribution in [3.8, 4) is 5.75 Å². The molecule has 0 fully saturated rings. The van der Waals surface area contributed by atoms with Crippen LogP contribution in [0, 0.1) is 3.57 Å². The molecular formula is C15H12INO3. The Labute approximate surface area is 130 Å². The second-order valence-corrected chi connectivity index (χ2v) is 5.32. The van der Waals surface area contributed by atoms with Crippen LogP contribution in [0.1, 0.15) is 17.3 Å². The molecule has 0 saturated heterocycles. The molecule has 2 rings (SSSR count). The highest BCUT2D eigenvalue weighted by molar-refractivity contribution is 14.1. The zero-order chi connectivity index (χ0) is 14.5. The smallest absolute Gasteiger partial charge is 0.345 e. The first kappa shape index (κ1) is 14.5. The molecule has 0 atom stereocenters. The average Bonchev–Trinajstić information content (AvgIpc) is 2.41. The van der Waals surface area contributed by atoms with Crippen molar-refractivity contribution in [3.63, 3.8) is 0 Å². The van der Waals surface area contributed by atoms with E-state index in [0.717, 1.165) is 3.57 Å². The van der Waals surface area contributed by atoms with E-state index < -0.39 is 5.97 Å². The molecule has 4 nitrogen and oxygen atoms in total. The lowest BCUT2D eigenvalue weighted by atomic mass is 10.2. The number of hydrogen-bond donors (Lipinski definition) is 1. The molecule has 0 aliphatic carbocycles. The highest BCUT2D eigenvalue weighted by atomic mass is 127. The quantitative estimate of drug-likeness (QED) is 0.503. The molecule has 1 N–H and O–H groups in total. The fourth-order valence-corrected chi connectivity index (χ4v) is 1.98. The Balaban J connectivity index is 2.20. The summed E-state index contributed by atoms with van der Waals surface area (Å²) in [5, 5.41) is 2.61. The summed E-state index contributed by atoms with van der Waals surface area (Å²) in [6.45, 7) is 1.39. The molecule has 0 aliphatic heterocycles. The Morgan fingerprint density at radius 1 is 1.05 bits per heavy atom. The number of ether oxygens (including phenoxy) is 1. The topological polar surface area (TPSA) is 55.4 Å². The molecule has 102 valence electrons. The second-order valence-electron chi connectivity index (χ2n) is 4.07. The SMILES string of the molecule is CC(=O)Nc1ccccc1C(=O)Oc1ccc(I)cc1. The molecule has 0 saturated carbocycles. The van der Waals surface area contributed by atoms with E-state index in [1.807, 2.05) is 12.1 Å². The lowest BCUT2D eigenvalue weighted by molar-refractivity contribution is -0.114. The molecule has 2 aromatic rings. The van der Waals surface area contributed by atoms with E-state index in [0.29, 0.717) is 17.0 Å². The lowest BCUT2D eigenvalue weighted by Gasteiger charge is -2.09. The van der Waals surface area contributed by atoms with Crippen molar-refractivity contribution in [3.05, 3.63) is 57.7 Å². The van der Waals surface area contributed by atoms with Crippen molar-refractivity contribution in [1.29, 1.82) is 0 Å². The van der Waals surface area contributed by atoms with Crippen molar-refractivity contribution >= 4 is 40.2 Å². The predicted molar refractivity (Wildman–Crippen MR) is 84.9 cm³/mol. The predicted octanol–water partition coefficient (Wildman–Crippen LogP) is 3.47. The number of para-hydroxylation sites is 1. The number of esters is 1. The van der Waals surface area contributed by atoms with Crippen LogP contribution in [0.15, 0.2) is 48.5 Å². The number of benzene rings is 2. The molecule has 2 aromatic carbocycles. The number of rotatable bonds is 3. The number of carbonyl (C=O) groups excluding carboxylic acids is 2. The lowest BCUT2D eigenvalue weighted by Crippen LogP contribution is -2.14. The van der Waals surface area contributed by atoms with E-state index >= 15 is 0 Å². The number of nitrogens with one attached hydrogen (secondary N) is 1. The van der Waals surface area contributed by atoms with Gasteiger partial charge in [0.15, 0.2) is 0 Å². The molecule has 20 heavy (non-hydrogen) atoms. The summed E-state index contributed by atoms with van der Waals surface area (Å²) in [4.78, 5) is 23.2. The molecule has 0 aromatic heterocycles. The van der Waals surface area contributed by atoms with Crippen LogP contribution in [0.2, 0.25) is 0 Å². The van der Waals surface area contributed by atoms with Gasteiger partial charge in [0.1, 0.15) is 5.75 Å². The number of halogens is 1. The molecule has 0 spiro atoms. The maximum atomic E-state index is 12.1. The minimum atomic E-state index is -0.504. The summed E-state index contributed by atoms with van der Waals surface area (Å²) < 4.78 is 6.34.